The van der Waals surface area contributed by atoms with E-state index in [0.29, 0.717) is 39.5 Å². The Hall–Kier alpha value is -4.79. The molecule has 0 atom stereocenters. The molecule has 168 valence electrons. The van der Waals surface area contributed by atoms with Crippen molar-refractivity contribution >= 4 is 5.97 Å². The van der Waals surface area contributed by atoms with E-state index in [9.17, 15) is 4.79 Å². The van der Waals surface area contributed by atoms with Gasteiger partial charge in [-0.1, -0.05) is 29.6 Å². The van der Waals surface area contributed by atoms with Gasteiger partial charge < -0.3 is 18.9 Å². The lowest BCUT2D eigenvalue weighted by atomic mass is 10.0. The van der Waals surface area contributed by atoms with Crippen molar-refractivity contribution in [3.8, 4) is 53.3 Å². The van der Waals surface area contributed by atoms with E-state index >= 15 is 0 Å². The van der Waals surface area contributed by atoms with Crippen LogP contribution in [0.4, 0.5) is 0 Å². The highest BCUT2D eigenvalue weighted by atomic mass is 16.5. The number of benzene rings is 3. The van der Waals surface area contributed by atoms with Gasteiger partial charge >= 0.3 is 5.97 Å². The predicted octanol–water partition coefficient (Wildman–Crippen LogP) is 4.28. The van der Waals surface area contributed by atoms with E-state index in [4.69, 9.17) is 25.4 Å². The molecule has 5 nitrogen and oxygen atoms in total. The van der Waals surface area contributed by atoms with Gasteiger partial charge in [-0.3, -0.25) is 0 Å². The van der Waals surface area contributed by atoms with Crippen LogP contribution in [0.25, 0.3) is 0 Å². The fraction of sp³-hybridized carbons (Fsp3) is 0.138. The molecule has 0 N–H and O–H groups in total. The fourth-order valence-electron chi connectivity index (χ4n) is 3.07. The predicted molar refractivity (Wildman–Crippen MR) is 130 cm³/mol. The van der Waals surface area contributed by atoms with E-state index in [1.54, 1.807) is 38.5 Å². The molecule has 0 aliphatic heterocycles. The van der Waals surface area contributed by atoms with Gasteiger partial charge in [-0.25, -0.2) is 4.79 Å². The van der Waals surface area contributed by atoms with Crippen molar-refractivity contribution in [3.05, 3.63) is 88.0 Å². The average molecular weight is 450 g/mol. The number of methoxy groups -OCH3 is 4. The number of carbonyl (C=O) groups excluding carboxylic acids is 1. The third-order valence-corrected chi connectivity index (χ3v) is 4.76. The van der Waals surface area contributed by atoms with E-state index < -0.39 is 5.97 Å². The highest BCUT2D eigenvalue weighted by Gasteiger charge is 2.12. The number of carbonyl (C=O) groups is 1. The van der Waals surface area contributed by atoms with Gasteiger partial charge in [0.1, 0.15) is 22.8 Å². The Bertz CT molecular complexity index is 1370. The molecule has 3 aromatic carbocycles. The highest BCUT2D eigenvalue weighted by Crippen LogP contribution is 2.22. The second-order valence-electron chi connectivity index (χ2n) is 6.95. The number of terminal acetylenes is 1. The van der Waals surface area contributed by atoms with Gasteiger partial charge in [0.05, 0.1) is 28.4 Å². The van der Waals surface area contributed by atoms with E-state index in [-0.39, 0.29) is 0 Å². The minimum Gasteiger partial charge on any atom is -0.497 e. The van der Waals surface area contributed by atoms with Gasteiger partial charge in [-0.2, -0.15) is 0 Å². The summed E-state index contributed by atoms with van der Waals surface area (Å²) in [5.41, 5.74) is 3.84. The molecule has 34 heavy (non-hydrogen) atoms. The molecule has 0 fully saturated rings. The van der Waals surface area contributed by atoms with Crippen molar-refractivity contribution in [2.45, 2.75) is 0 Å². The molecule has 0 saturated heterocycles. The molecule has 0 saturated carbocycles. The monoisotopic (exact) mass is 450 g/mol. The smallest absolute Gasteiger partial charge is 0.341 e. The van der Waals surface area contributed by atoms with Crippen LogP contribution >= 0.6 is 0 Å². The summed E-state index contributed by atoms with van der Waals surface area (Å²) in [6, 6.07) is 16.0. The van der Waals surface area contributed by atoms with E-state index in [1.165, 1.54) is 14.2 Å². The fourth-order valence-corrected chi connectivity index (χ4v) is 3.07. The van der Waals surface area contributed by atoms with Crippen LogP contribution in [0, 0.1) is 36.0 Å². The molecular weight excluding hydrogens is 428 g/mol. The minimum absolute atomic E-state index is 0.330. The van der Waals surface area contributed by atoms with Gasteiger partial charge in [0.15, 0.2) is 0 Å². The zero-order chi connectivity index (χ0) is 24.5. The van der Waals surface area contributed by atoms with Crippen molar-refractivity contribution in [2.75, 3.05) is 28.4 Å². The summed E-state index contributed by atoms with van der Waals surface area (Å²) >= 11 is 0. The van der Waals surface area contributed by atoms with Gasteiger partial charge in [0.25, 0.3) is 0 Å². The van der Waals surface area contributed by atoms with Crippen LogP contribution in [-0.2, 0) is 4.74 Å². The Kier molecular flexibility index (Phi) is 7.85. The molecular formula is C29H22O5. The lowest BCUT2D eigenvalue weighted by Crippen LogP contribution is -2.04. The van der Waals surface area contributed by atoms with Crippen molar-refractivity contribution in [2.24, 2.45) is 0 Å². The van der Waals surface area contributed by atoms with Crippen LogP contribution in [0.1, 0.15) is 38.2 Å². The maximum absolute atomic E-state index is 11.8. The Morgan fingerprint density at radius 2 is 1.18 bits per heavy atom. The largest absolute Gasteiger partial charge is 0.497 e. The average Bonchev–Trinajstić information content (AvgIpc) is 2.89. The Labute approximate surface area is 199 Å². The van der Waals surface area contributed by atoms with Gasteiger partial charge in [0.2, 0.25) is 0 Å². The van der Waals surface area contributed by atoms with Crippen LogP contribution in [-0.4, -0.2) is 34.4 Å². The maximum Gasteiger partial charge on any atom is 0.341 e. The summed E-state index contributed by atoms with van der Waals surface area (Å²) < 4.78 is 20.6. The summed E-state index contributed by atoms with van der Waals surface area (Å²) in [5, 5.41) is 0. The quantitative estimate of drug-likeness (QED) is 0.439. The lowest BCUT2D eigenvalue weighted by molar-refractivity contribution is 0.0597. The molecule has 0 bridgehead atoms. The number of esters is 1. The molecule has 0 aliphatic carbocycles. The van der Waals surface area contributed by atoms with Crippen molar-refractivity contribution < 1.29 is 23.7 Å². The molecule has 0 unspecified atom stereocenters. The molecule has 3 aromatic rings. The summed E-state index contributed by atoms with van der Waals surface area (Å²) in [4.78, 5) is 11.8. The molecule has 5 heteroatoms. The Balaban J connectivity index is 1.95. The maximum atomic E-state index is 11.8. The summed E-state index contributed by atoms with van der Waals surface area (Å²) in [7, 11) is 5.98. The zero-order valence-corrected chi connectivity index (χ0v) is 19.3. The summed E-state index contributed by atoms with van der Waals surface area (Å²) in [6.45, 7) is 0. The first-order valence-electron chi connectivity index (χ1n) is 10.1. The number of hydrogen-bond acceptors (Lipinski definition) is 5. The topological polar surface area (TPSA) is 54.0 Å². The van der Waals surface area contributed by atoms with E-state index in [2.05, 4.69) is 29.6 Å². The standard InChI is InChI=1S/C29H22O5/c1-6-20-13-22(8-7-21-11-12-27(29(30)34-5)28(18-21)33-4)15-23(14-20)9-10-24-16-25(31-2)19-26(17-24)32-3/h1,11-19H,2-5H3. The first-order chi connectivity index (χ1) is 16.5. The van der Waals surface area contributed by atoms with Crippen LogP contribution in [0.3, 0.4) is 0 Å². The molecule has 0 radical (unpaired) electrons. The minimum atomic E-state index is -0.477. The van der Waals surface area contributed by atoms with Gasteiger partial charge in [-0.15, -0.1) is 6.42 Å². The highest BCUT2D eigenvalue weighted by molar-refractivity contribution is 5.92. The third-order valence-electron chi connectivity index (χ3n) is 4.76. The number of hydrogen-bond donors (Lipinski definition) is 0. The number of rotatable bonds is 4. The van der Waals surface area contributed by atoms with Crippen LogP contribution < -0.4 is 14.2 Å². The molecule has 0 aliphatic rings. The molecule has 3 rings (SSSR count). The lowest BCUT2D eigenvalue weighted by Gasteiger charge is -2.06. The SMILES string of the molecule is C#Cc1cc(C#Cc2cc(OC)cc(OC)c2)cc(C#Cc2ccc(C(=O)OC)c(OC)c2)c1. The second-order valence-corrected chi connectivity index (χ2v) is 6.95. The first-order valence-corrected chi connectivity index (χ1v) is 10.1. The Morgan fingerprint density at radius 1 is 0.647 bits per heavy atom. The number of ether oxygens (including phenoxy) is 4. The summed E-state index contributed by atoms with van der Waals surface area (Å²) in [5.74, 6) is 16.3. The van der Waals surface area contributed by atoms with Crippen molar-refractivity contribution in [3.63, 3.8) is 0 Å². The van der Waals surface area contributed by atoms with Crippen LogP contribution in [0.2, 0.25) is 0 Å². The molecule has 0 spiro atoms. The van der Waals surface area contributed by atoms with Crippen LogP contribution in [0.15, 0.2) is 54.6 Å². The molecule has 0 aromatic heterocycles. The first kappa shape index (κ1) is 23.9. The van der Waals surface area contributed by atoms with Gasteiger partial charge in [-0.05, 0) is 48.5 Å². The van der Waals surface area contributed by atoms with E-state index in [0.717, 1.165) is 11.1 Å². The van der Waals surface area contributed by atoms with Crippen molar-refractivity contribution in [1.29, 1.82) is 0 Å². The Morgan fingerprint density at radius 3 is 1.68 bits per heavy atom. The molecule has 0 amide bonds. The zero-order valence-electron chi connectivity index (χ0n) is 19.3. The summed E-state index contributed by atoms with van der Waals surface area (Å²) in [6.07, 6.45) is 5.63. The van der Waals surface area contributed by atoms with E-state index in [1.807, 2.05) is 30.3 Å². The third kappa shape index (κ3) is 5.92. The van der Waals surface area contributed by atoms with Gasteiger partial charge in [0, 0.05) is 33.9 Å². The van der Waals surface area contributed by atoms with Crippen LogP contribution in [0.5, 0.6) is 17.2 Å². The molecule has 0 heterocycles. The second kappa shape index (κ2) is 11.2. The normalized spacial score (nSPS) is 9.38. The van der Waals surface area contributed by atoms with Crippen molar-refractivity contribution in [1.82, 2.24) is 0 Å².